The van der Waals surface area contributed by atoms with E-state index in [1.807, 2.05) is 0 Å². The summed E-state index contributed by atoms with van der Waals surface area (Å²) in [6, 6.07) is 107. The van der Waals surface area contributed by atoms with Crippen LogP contribution >= 0.6 is 0 Å². The zero-order chi connectivity index (χ0) is 55.4. The van der Waals surface area contributed by atoms with Gasteiger partial charge in [-0.25, -0.2) is 0 Å². The Morgan fingerprint density at radius 1 is 0.176 bits per heavy atom. The topological polar surface area (TPSA) is 24.6 Å². The number of para-hydroxylation sites is 9. The number of hydrogen-bond donors (Lipinski definition) is 0. The first-order chi connectivity index (χ1) is 42.2. The van der Waals surface area contributed by atoms with Gasteiger partial charge in [-0.1, -0.05) is 176 Å². The van der Waals surface area contributed by atoms with E-state index in [1.165, 1.54) is 142 Å². The van der Waals surface area contributed by atoms with Gasteiger partial charge in [0, 0.05) is 82.3 Å². The van der Waals surface area contributed by atoms with Crippen molar-refractivity contribution in [2.24, 2.45) is 0 Å². The van der Waals surface area contributed by atoms with Crippen molar-refractivity contribution in [2.45, 2.75) is 12.8 Å². The molecule has 0 unspecified atom stereocenters. The van der Waals surface area contributed by atoms with Crippen LogP contribution in [0, 0.1) is 0 Å². The van der Waals surface area contributed by atoms with E-state index in [2.05, 4.69) is 308 Å². The molecule has 0 fully saturated rings. The van der Waals surface area contributed by atoms with Gasteiger partial charge in [-0.05, 0) is 155 Å². The molecule has 0 atom stereocenters. The predicted octanol–water partition coefficient (Wildman–Crippen LogP) is 20.6. The first-order valence-electron chi connectivity index (χ1n) is 29.6. The summed E-state index contributed by atoms with van der Waals surface area (Å²) in [6.07, 6.45) is 1.85. The zero-order valence-corrected chi connectivity index (χ0v) is 46.3. The molecule has 0 bridgehead atoms. The SMILES string of the molecule is c1ccc(-n2c3cc(-c4cc(-n5c6ccccc6c6ccccc65)cc(-n5c6ccccc6c6ccccc65)c4)cc4c3c3c(cc(-c5cc(-n6c7ccccc7c7ccccc76)cc(-n6c7ccccc7c7ccccc76)c5)cc32)CC4)cc1. The summed E-state index contributed by atoms with van der Waals surface area (Å²) in [4.78, 5) is 0. The molecule has 0 saturated heterocycles. The van der Waals surface area contributed by atoms with Gasteiger partial charge in [0.25, 0.3) is 0 Å². The lowest BCUT2D eigenvalue weighted by atomic mass is 9.87. The molecule has 18 aromatic rings. The third-order valence-corrected chi connectivity index (χ3v) is 18.6. The molecule has 0 radical (unpaired) electrons. The molecular formula is C80H51N5. The Morgan fingerprint density at radius 2 is 0.400 bits per heavy atom. The molecule has 85 heavy (non-hydrogen) atoms. The minimum atomic E-state index is 0.926. The number of fused-ring (bicyclic) bond motifs is 12. The average molecular weight is 1080 g/mol. The van der Waals surface area contributed by atoms with Crippen LogP contribution in [-0.2, 0) is 12.8 Å². The largest absolute Gasteiger partial charge is 0.309 e. The van der Waals surface area contributed by atoms with E-state index in [-0.39, 0.29) is 0 Å². The van der Waals surface area contributed by atoms with Crippen molar-refractivity contribution in [3.05, 3.63) is 296 Å². The Kier molecular flexibility index (Phi) is 9.67. The first-order valence-corrected chi connectivity index (χ1v) is 29.6. The van der Waals surface area contributed by atoms with E-state index in [1.54, 1.807) is 0 Å². The van der Waals surface area contributed by atoms with Crippen molar-refractivity contribution in [3.8, 4) is 50.7 Å². The van der Waals surface area contributed by atoms with Gasteiger partial charge in [0.2, 0.25) is 0 Å². The molecule has 0 spiro atoms. The van der Waals surface area contributed by atoms with Gasteiger partial charge in [-0.15, -0.1) is 0 Å². The van der Waals surface area contributed by atoms with Crippen molar-refractivity contribution >= 4 is 109 Å². The van der Waals surface area contributed by atoms with Crippen LogP contribution in [0.2, 0.25) is 0 Å². The third-order valence-electron chi connectivity index (χ3n) is 18.6. The second-order valence-electron chi connectivity index (χ2n) is 23.2. The van der Waals surface area contributed by atoms with Crippen LogP contribution in [0.1, 0.15) is 11.1 Å². The molecule has 5 heterocycles. The molecule has 0 N–H and O–H groups in total. The molecule has 0 amide bonds. The summed E-state index contributed by atoms with van der Waals surface area (Å²) in [5, 5.41) is 12.7. The van der Waals surface area contributed by atoms with Gasteiger partial charge in [-0.3, -0.25) is 0 Å². The van der Waals surface area contributed by atoms with Crippen LogP contribution in [0.5, 0.6) is 0 Å². The van der Waals surface area contributed by atoms with Gasteiger partial charge >= 0.3 is 0 Å². The fraction of sp³-hybridized carbons (Fsp3) is 0.0250. The Bertz CT molecular complexity index is 5040. The van der Waals surface area contributed by atoms with Crippen LogP contribution < -0.4 is 0 Å². The van der Waals surface area contributed by atoms with E-state index < -0.39 is 0 Å². The molecule has 0 aliphatic heterocycles. The quantitative estimate of drug-likeness (QED) is 0.152. The van der Waals surface area contributed by atoms with E-state index in [4.69, 9.17) is 0 Å². The maximum atomic E-state index is 2.56. The molecule has 396 valence electrons. The molecular weight excluding hydrogens is 1030 g/mol. The molecule has 1 aliphatic rings. The van der Waals surface area contributed by atoms with Crippen LogP contribution in [0.25, 0.3) is 160 Å². The lowest BCUT2D eigenvalue weighted by molar-refractivity contribution is 0.970. The molecule has 13 aromatic carbocycles. The van der Waals surface area contributed by atoms with Crippen LogP contribution in [0.15, 0.2) is 285 Å². The second-order valence-corrected chi connectivity index (χ2v) is 23.2. The minimum Gasteiger partial charge on any atom is -0.309 e. The summed E-state index contributed by atoms with van der Waals surface area (Å²) in [5.74, 6) is 0. The fourth-order valence-corrected chi connectivity index (χ4v) is 15.1. The number of aromatic nitrogens is 5. The monoisotopic (exact) mass is 1080 g/mol. The highest BCUT2D eigenvalue weighted by Crippen LogP contribution is 2.47. The molecule has 5 heteroatoms. The van der Waals surface area contributed by atoms with Crippen molar-refractivity contribution in [2.75, 3.05) is 0 Å². The first kappa shape index (κ1) is 46.5. The number of nitrogens with zero attached hydrogens (tertiary/aromatic N) is 5. The number of aryl methyl sites for hydroxylation is 2. The average Bonchev–Trinajstić information content (AvgIpc) is 1.78. The molecule has 1 aliphatic carbocycles. The normalized spacial score (nSPS) is 12.6. The van der Waals surface area contributed by atoms with Gasteiger partial charge in [-0.2, -0.15) is 0 Å². The van der Waals surface area contributed by atoms with Gasteiger partial charge < -0.3 is 22.8 Å². The minimum absolute atomic E-state index is 0.926. The standard InChI is InChI=1S/C80H51N5/c1-2-20-56(21-3-1)81-77-46-52(54-42-57(82-69-30-12-4-22-61(69)62-23-5-13-31-70(62)82)48-58(43-54)83-71-32-14-6-24-63(71)64-25-7-15-33-72(64)83)40-50-38-39-51-41-53(47-78(81)80(51)79(50)77)55-44-59(84-73-34-16-8-26-65(73)66-27-9-17-35-74(66)84)49-60(45-55)85-75-36-18-10-28-67(75)68-29-11-19-37-76(68)85/h1-37,40-49H,38-39H2. The van der Waals surface area contributed by atoms with E-state index >= 15 is 0 Å². The fourth-order valence-electron chi connectivity index (χ4n) is 15.1. The van der Waals surface area contributed by atoms with Crippen molar-refractivity contribution < 1.29 is 0 Å². The molecule has 5 nitrogen and oxygen atoms in total. The van der Waals surface area contributed by atoms with Crippen molar-refractivity contribution in [1.82, 2.24) is 22.8 Å². The van der Waals surface area contributed by atoms with Crippen LogP contribution in [0.3, 0.4) is 0 Å². The Balaban J connectivity index is 0.878. The Labute approximate surface area is 488 Å². The second kappa shape index (κ2) is 17.7. The maximum absolute atomic E-state index is 2.56. The zero-order valence-electron chi connectivity index (χ0n) is 46.3. The van der Waals surface area contributed by atoms with E-state index in [0.717, 1.165) is 41.3 Å². The smallest absolute Gasteiger partial charge is 0.0550 e. The number of rotatable bonds is 7. The third kappa shape index (κ3) is 6.69. The summed E-state index contributed by atoms with van der Waals surface area (Å²) in [7, 11) is 0. The van der Waals surface area contributed by atoms with Gasteiger partial charge in [0.15, 0.2) is 0 Å². The van der Waals surface area contributed by atoms with Crippen LogP contribution in [0.4, 0.5) is 0 Å². The Hall–Kier alpha value is -11.1. The summed E-state index contributed by atoms with van der Waals surface area (Å²) < 4.78 is 12.5. The number of hydrogen-bond acceptors (Lipinski definition) is 0. The van der Waals surface area contributed by atoms with Crippen LogP contribution in [-0.4, -0.2) is 22.8 Å². The van der Waals surface area contributed by atoms with E-state index in [9.17, 15) is 0 Å². The Morgan fingerprint density at radius 3 is 0.671 bits per heavy atom. The summed E-state index contributed by atoms with van der Waals surface area (Å²) >= 11 is 0. The highest BCUT2D eigenvalue weighted by molar-refractivity contribution is 6.17. The van der Waals surface area contributed by atoms with Crippen molar-refractivity contribution in [3.63, 3.8) is 0 Å². The van der Waals surface area contributed by atoms with Crippen molar-refractivity contribution in [1.29, 1.82) is 0 Å². The maximum Gasteiger partial charge on any atom is 0.0550 e. The lowest BCUT2D eigenvalue weighted by Gasteiger charge is -2.19. The molecule has 0 saturated carbocycles. The summed E-state index contributed by atoms with van der Waals surface area (Å²) in [6.45, 7) is 0. The van der Waals surface area contributed by atoms with Gasteiger partial charge in [0.1, 0.15) is 0 Å². The molecule has 5 aromatic heterocycles. The highest BCUT2D eigenvalue weighted by atomic mass is 15.0. The predicted molar refractivity (Wildman–Crippen MR) is 356 cm³/mol. The van der Waals surface area contributed by atoms with E-state index in [0.29, 0.717) is 0 Å². The lowest BCUT2D eigenvalue weighted by Crippen LogP contribution is -2.02. The molecule has 19 rings (SSSR count). The van der Waals surface area contributed by atoms with Gasteiger partial charge in [0.05, 0.1) is 55.2 Å². The summed E-state index contributed by atoms with van der Waals surface area (Å²) in [5.41, 5.74) is 25.1. The highest BCUT2D eigenvalue weighted by Gasteiger charge is 2.26. The number of benzene rings is 13.